The van der Waals surface area contributed by atoms with E-state index in [-0.39, 0.29) is 23.6 Å². The lowest BCUT2D eigenvalue weighted by atomic mass is 9.97. The van der Waals surface area contributed by atoms with Crippen LogP contribution in [0.15, 0.2) is 18.2 Å². The zero-order valence-corrected chi connectivity index (χ0v) is 15.7. The van der Waals surface area contributed by atoms with Gasteiger partial charge in [-0.25, -0.2) is 0 Å². The van der Waals surface area contributed by atoms with E-state index in [1.54, 1.807) is 11.0 Å². The topological polar surface area (TPSA) is 86.9 Å². The van der Waals surface area contributed by atoms with Gasteiger partial charge in [0, 0.05) is 44.2 Å². The van der Waals surface area contributed by atoms with Gasteiger partial charge in [-0.15, -0.1) is 0 Å². The summed E-state index contributed by atoms with van der Waals surface area (Å²) in [7, 11) is 0. The van der Waals surface area contributed by atoms with Gasteiger partial charge >= 0.3 is 0 Å². The van der Waals surface area contributed by atoms with Gasteiger partial charge in [-0.1, -0.05) is 6.92 Å². The van der Waals surface area contributed by atoms with Crippen molar-refractivity contribution in [1.82, 2.24) is 4.90 Å². The first-order valence-electron chi connectivity index (χ1n) is 9.94. The molecule has 0 unspecified atom stereocenters. The van der Waals surface area contributed by atoms with Gasteiger partial charge in [0.1, 0.15) is 0 Å². The molecule has 0 bridgehead atoms. The third kappa shape index (κ3) is 3.40. The Morgan fingerprint density at radius 1 is 1.19 bits per heavy atom. The number of rotatable bonds is 3. The Balaban J connectivity index is 1.62. The normalized spacial score (nSPS) is 28.4. The van der Waals surface area contributed by atoms with E-state index >= 15 is 0 Å². The maximum absolute atomic E-state index is 13.3. The fourth-order valence-electron chi connectivity index (χ4n) is 4.91. The Bertz CT molecular complexity index is 745. The van der Waals surface area contributed by atoms with E-state index in [4.69, 9.17) is 0 Å². The summed E-state index contributed by atoms with van der Waals surface area (Å²) in [6, 6.07) is 4.65. The molecule has 1 aromatic carbocycles. The van der Waals surface area contributed by atoms with Crippen LogP contribution < -0.4 is 4.90 Å². The molecule has 3 fully saturated rings. The minimum Gasteiger partial charge on any atom is -0.393 e. The van der Waals surface area contributed by atoms with Crippen LogP contribution in [0.1, 0.15) is 43.0 Å². The first-order chi connectivity index (χ1) is 12.9. The van der Waals surface area contributed by atoms with Gasteiger partial charge in [0.15, 0.2) is 0 Å². The van der Waals surface area contributed by atoms with Crippen molar-refractivity contribution in [3.8, 4) is 0 Å². The molecule has 1 aromatic rings. The predicted molar refractivity (Wildman–Crippen MR) is 102 cm³/mol. The highest BCUT2D eigenvalue weighted by Crippen LogP contribution is 2.39. The van der Waals surface area contributed by atoms with E-state index in [0.29, 0.717) is 30.5 Å². The Morgan fingerprint density at radius 2 is 1.93 bits per heavy atom. The number of fused-ring (bicyclic) bond motifs is 1. The number of aliphatic hydroxyl groups is 1. The van der Waals surface area contributed by atoms with Crippen molar-refractivity contribution >= 4 is 17.3 Å². The number of amides is 1. The van der Waals surface area contributed by atoms with Crippen LogP contribution in [0, 0.1) is 27.9 Å². The summed E-state index contributed by atoms with van der Waals surface area (Å²) in [5.41, 5.74) is 1.18. The molecule has 1 aliphatic carbocycles. The van der Waals surface area contributed by atoms with Crippen LogP contribution in [0.5, 0.6) is 0 Å². The number of nitro groups is 1. The number of aliphatic hydroxyl groups excluding tert-OH is 1. The maximum atomic E-state index is 13.3. The number of nitrogens with zero attached hydrogens (tertiary/aromatic N) is 3. The van der Waals surface area contributed by atoms with E-state index in [1.807, 2.05) is 0 Å². The zero-order chi connectivity index (χ0) is 19.1. The Kier molecular flexibility index (Phi) is 4.80. The molecular formula is C20H27N3O4. The molecule has 2 heterocycles. The van der Waals surface area contributed by atoms with Crippen LogP contribution in [-0.4, -0.2) is 53.1 Å². The molecule has 0 radical (unpaired) electrons. The number of hydrogen-bond donors (Lipinski definition) is 1. The lowest BCUT2D eigenvalue weighted by Crippen LogP contribution is -2.36. The minimum absolute atomic E-state index is 0.0492. The highest BCUT2D eigenvalue weighted by atomic mass is 16.6. The molecular weight excluding hydrogens is 346 g/mol. The molecule has 4 rings (SSSR count). The van der Waals surface area contributed by atoms with E-state index in [9.17, 15) is 20.0 Å². The summed E-state index contributed by atoms with van der Waals surface area (Å²) in [6.07, 6.45) is 3.54. The Morgan fingerprint density at radius 3 is 2.59 bits per heavy atom. The van der Waals surface area contributed by atoms with Crippen LogP contribution in [-0.2, 0) is 0 Å². The summed E-state index contributed by atoms with van der Waals surface area (Å²) in [6.45, 7) is 5.14. The van der Waals surface area contributed by atoms with Gasteiger partial charge < -0.3 is 14.9 Å². The molecule has 0 aromatic heterocycles. The van der Waals surface area contributed by atoms with Gasteiger partial charge in [-0.3, -0.25) is 14.9 Å². The molecule has 27 heavy (non-hydrogen) atoms. The molecule has 1 N–H and O–H groups in total. The van der Waals surface area contributed by atoms with E-state index in [1.165, 1.54) is 12.1 Å². The fourth-order valence-corrected chi connectivity index (χ4v) is 4.91. The molecule has 1 amide bonds. The first-order valence-corrected chi connectivity index (χ1v) is 9.94. The van der Waals surface area contributed by atoms with E-state index < -0.39 is 4.92 Å². The smallest absolute Gasteiger partial charge is 0.270 e. The average Bonchev–Trinajstić information content (AvgIpc) is 3.23. The van der Waals surface area contributed by atoms with Crippen molar-refractivity contribution in [3.63, 3.8) is 0 Å². The molecule has 3 atom stereocenters. The number of benzene rings is 1. The molecule has 146 valence electrons. The SMILES string of the molecule is CC1CCN(c2ccc([N+](=O)[O-])cc2C(=O)N2C[C@@H]3CC[C@H](O)[C@@H]3C2)CC1. The number of carbonyl (C=O) groups excluding carboxylic acids is 1. The van der Waals surface area contributed by atoms with Crippen molar-refractivity contribution < 1.29 is 14.8 Å². The largest absolute Gasteiger partial charge is 0.393 e. The van der Waals surface area contributed by atoms with Gasteiger partial charge in [0.05, 0.1) is 22.3 Å². The molecule has 2 saturated heterocycles. The number of likely N-dealkylation sites (tertiary alicyclic amines) is 1. The quantitative estimate of drug-likeness (QED) is 0.650. The standard InChI is InChI=1S/C20H27N3O4/c1-13-6-8-21(9-7-13)18-4-3-15(23(26)27)10-16(18)20(25)22-11-14-2-5-19(24)17(14)12-22/h3-4,10,13-14,17,19,24H,2,5-9,11-12H2,1H3/t14-,17+,19-/m0/s1. The highest BCUT2D eigenvalue weighted by molar-refractivity contribution is 6.00. The number of anilines is 1. The second kappa shape index (κ2) is 7.11. The Hall–Kier alpha value is -2.15. The van der Waals surface area contributed by atoms with Crippen molar-refractivity contribution in [1.29, 1.82) is 0 Å². The monoisotopic (exact) mass is 373 g/mol. The van der Waals surface area contributed by atoms with Crippen LogP contribution in [0.2, 0.25) is 0 Å². The molecule has 0 spiro atoms. The van der Waals surface area contributed by atoms with Crippen molar-refractivity contribution in [2.45, 2.75) is 38.7 Å². The van der Waals surface area contributed by atoms with Crippen LogP contribution in [0.4, 0.5) is 11.4 Å². The lowest BCUT2D eigenvalue weighted by molar-refractivity contribution is -0.384. The second-order valence-electron chi connectivity index (χ2n) is 8.41. The summed E-state index contributed by atoms with van der Waals surface area (Å²) < 4.78 is 0. The number of nitro benzene ring substituents is 1. The Labute approximate surface area is 159 Å². The summed E-state index contributed by atoms with van der Waals surface area (Å²) in [5, 5.41) is 21.4. The van der Waals surface area contributed by atoms with Crippen molar-refractivity contribution in [2.24, 2.45) is 17.8 Å². The third-order valence-corrected chi connectivity index (χ3v) is 6.65. The van der Waals surface area contributed by atoms with Gasteiger partial charge in [-0.2, -0.15) is 0 Å². The van der Waals surface area contributed by atoms with Crippen molar-refractivity contribution in [3.05, 3.63) is 33.9 Å². The van der Waals surface area contributed by atoms with Crippen LogP contribution >= 0.6 is 0 Å². The second-order valence-corrected chi connectivity index (χ2v) is 8.41. The van der Waals surface area contributed by atoms with E-state index in [2.05, 4.69) is 11.8 Å². The summed E-state index contributed by atoms with van der Waals surface area (Å²) in [4.78, 5) is 28.1. The molecule has 2 aliphatic heterocycles. The fraction of sp³-hybridized carbons (Fsp3) is 0.650. The summed E-state index contributed by atoms with van der Waals surface area (Å²) in [5.74, 6) is 1.01. The van der Waals surface area contributed by atoms with Gasteiger partial charge in [0.2, 0.25) is 0 Å². The van der Waals surface area contributed by atoms with Gasteiger partial charge in [0.25, 0.3) is 11.6 Å². The zero-order valence-electron chi connectivity index (χ0n) is 15.7. The number of carbonyl (C=O) groups is 1. The molecule has 3 aliphatic rings. The van der Waals surface area contributed by atoms with Crippen LogP contribution in [0.25, 0.3) is 0 Å². The first kappa shape index (κ1) is 18.2. The highest BCUT2D eigenvalue weighted by Gasteiger charge is 2.44. The lowest BCUT2D eigenvalue weighted by Gasteiger charge is -2.33. The van der Waals surface area contributed by atoms with Crippen LogP contribution in [0.3, 0.4) is 0 Å². The third-order valence-electron chi connectivity index (χ3n) is 6.65. The number of non-ortho nitro benzene ring substituents is 1. The number of hydrogen-bond acceptors (Lipinski definition) is 5. The van der Waals surface area contributed by atoms with E-state index in [0.717, 1.165) is 44.5 Å². The number of piperidine rings is 1. The van der Waals surface area contributed by atoms with Gasteiger partial charge in [-0.05, 0) is 43.6 Å². The predicted octanol–water partition coefficient (Wildman–Crippen LogP) is 2.67. The molecule has 1 saturated carbocycles. The molecule has 7 nitrogen and oxygen atoms in total. The average molecular weight is 373 g/mol. The van der Waals surface area contributed by atoms with Crippen molar-refractivity contribution in [2.75, 3.05) is 31.1 Å². The maximum Gasteiger partial charge on any atom is 0.270 e. The minimum atomic E-state index is -0.443. The molecule has 7 heteroatoms. The summed E-state index contributed by atoms with van der Waals surface area (Å²) >= 11 is 0.